The second kappa shape index (κ2) is 5.82. The molecular weight excluding hydrogens is 188 g/mol. The van der Waals surface area contributed by atoms with Crippen molar-refractivity contribution in [1.29, 1.82) is 0 Å². The summed E-state index contributed by atoms with van der Waals surface area (Å²) in [4.78, 5) is 0. The molecule has 11 heavy (non-hydrogen) atoms. The fraction of sp³-hybridized carbons (Fsp3) is 1.00. The lowest BCUT2D eigenvalue weighted by Crippen LogP contribution is -2.06. The molecule has 6 heteroatoms. The van der Waals surface area contributed by atoms with Crippen molar-refractivity contribution < 1.29 is 18.1 Å². The van der Waals surface area contributed by atoms with Gasteiger partial charge in [-0.15, -0.1) is 0 Å². The Morgan fingerprint density at radius 3 is 2.36 bits per heavy atom. The Kier molecular flexibility index (Phi) is 5.93. The fourth-order valence-electron chi connectivity index (χ4n) is 0.433. The minimum Gasteiger partial charge on any atom is -0.396 e. The SMILES string of the molecule is O=S(=O)(O)CCSCCCO. The average molecular weight is 200 g/mol. The van der Waals surface area contributed by atoms with Crippen LogP contribution in [0, 0.1) is 0 Å². The second-order valence-electron chi connectivity index (χ2n) is 1.98. The molecule has 0 bridgehead atoms. The Hall–Kier alpha value is 0.220. The zero-order valence-corrected chi connectivity index (χ0v) is 7.70. The first-order valence-electron chi connectivity index (χ1n) is 3.20. The second-order valence-corrected chi connectivity index (χ2v) is 4.77. The van der Waals surface area contributed by atoms with Crippen LogP contribution in [0.2, 0.25) is 0 Å². The molecule has 0 aromatic carbocycles. The van der Waals surface area contributed by atoms with E-state index in [0.29, 0.717) is 12.2 Å². The van der Waals surface area contributed by atoms with Gasteiger partial charge < -0.3 is 5.11 Å². The minimum absolute atomic E-state index is 0.124. The largest absolute Gasteiger partial charge is 0.396 e. The predicted molar refractivity (Wildman–Crippen MR) is 45.4 cm³/mol. The molecule has 0 radical (unpaired) electrons. The smallest absolute Gasteiger partial charge is 0.265 e. The lowest BCUT2D eigenvalue weighted by molar-refractivity contribution is 0.296. The highest BCUT2D eigenvalue weighted by molar-refractivity contribution is 8.00. The zero-order valence-electron chi connectivity index (χ0n) is 6.06. The summed E-state index contributed by atoms with van der Waals surface area (Å²) >= 11 is 1.41. The van der Waals surface area contributed by atoms with E-state index >= 15 is 0 Å². The highest BCUT2D eigenvalue weighted by Crippen LogP contribution is 2.02. The van der Waals surface area contributed by atoms with Gasteiger partial charge in [-0.25, -0.2) is 0 Å². The van der Waals surface area contributed by atoms with Gasteiger partial charge in [0.05, 0.1) is 5.75 Å². The summed E-state index contributed by atoms with van der Waals surface area (Å²) in [6.45, 7) is 0.124. The van der Waals surface area contributed by atoms with Crippen molar-refractivity contribution in [1.82, 2.24) is 0 Å². The topological polar surface area (TPSA) is 74.6 Å². The van der Waals surface area contributed by atoms with Crippen molar-refractivity contribution in [2.45, 2.75) is 6.42 Å². The van der Waals surface area contributed by atoms with Gasteiger partial charge in [0.1, 0.15) is 0 Å². The van der Waals surface area contributed by atoms with E-state index in [4.69, 9.17) is 9.66 Å². The van der Waals surface area contributed by atoms with Crippen LogP contribution in [0.3, 0.4) is 0 Å². The van der Waals surface area contributed by atoms with Crippen LogP contribution in [-0.4, -0.2) is 41.9 Å². The molecule has 0 atom stereocenters. The summed E-state index contributed by atoms with van der Waals surface area (Å²) < 4.78 is 28.6. The standard InChI is InChI=1S/C5H12O4S2/c6-2-1-3-10-4-5-11(7,8)9/h6H,1-5H2,(H,7,8,9). The predicted octanol–water partition coefficient (Wildman–Crippen LogP) is -0.0102. The normalized spacial score (nSPS) is 11.8. The Bertz CT molecular complexity index is 175. The molecule has 0 rings (SSSR count). The van der Waals surface area contributed by atoms with Gasteiger partial charge in [-0.1, -0.05) is 0 Å². The number of hydrogen-bond donors (Lipinski definition) is 2. The Morgan fingerprint density at radius 1 is 1.27 bits per heavy atom. The summed E-state index contributed by atoms with van der Waals surface area (Å²) in [7, 11) is -3.79. The van der Waals surface area contributed by atoms with Crippen LogP contribution >= 0.6 is 11.8 Å². The summed E-state index contributed by atoms with van der Waals surface area (Å²) in [5.74, 6) is 0.911. The van der Waals surface area contributed by atoms with Gasteiger partial charge >= 0.3 is 0 Å². The molecule has 0 aromatic rings. The number of thioether (sulfide) groups is 1. The molecule has 0 amide bonds. The van der Waals surface area contributed by atoms with E-state index in [9.17, 15) is 8.42 Å². The number of rotatable bonds is 6. The molecule has 2 N–H and O–H groups in total. The van der Waals surface area contributed by atoms with Crippen LogP contribution in [0.5, 0.6) is 0 Å². The molecule has 0 heterocycles. The van der Waals surface area contributed by atoms with Crippen LogP contribution in [0.25, 0.3) is 0 Å². The van der Waals surface area contributed by atoms with Gasteiger partial charge in [0, 0.05) is 12.4 Å². The van der Waals surface area contributed by atoms with Crippen molar-refractivity contribution in [2.24, 2.45) is 0 Å². The van der Waals surface area contributed by atoms with Gasteiger partial charge in [0.15, 0.2) is 0 Å². The first kappa shape index (κ1) is 11.2. The summed E-state index contributed by atoms with van der Waals surface area (Å²) in [6.07, 6.45) is 0.663. The van der Waals surface area contributed by atoms with Gasteiger partial charge in [-0.3, -0.25) is 4.55 Å². The van der Waals surface area contributed by atoms with Crippen molar-refractivity contribution >= 4 is 21.9 Å². The van der Waals surface area contributed by atoms with E-state index in [0.717, 1.165) is 5.75 Å². The Morgan fingerprint density at radius 2 is 1.91 bits per heavy atom. The van der Waals surface area contributed by atoms with Crippen molar-refractivity contribution in [3.8, 4) is 0 Å². The van der Waals surface area contributed by atoms with E-state index in [2.05, 4.69) is 0 Å². The monoisotopic (exact) mass is 200 g/mol. The lowest BCUT2D eigenvalue weighted by atomic mass is 10.5. The molecule has 0 fully saturated rings. The van der Waals surface area contributed by atoms with Crippen molar-refractivity contribution in [3.05, 3.63) is 0 Å². The number of aliphatic hydroxyl groups excluding tert-OH is 1. The van der Waals surface area contributed by atoms with E-state index < -0.39 is 10.1 Å². The third-order valence-electron chi connectivity index (χ3n) is 0.932. The van der Waals surface area contributed by atoms with Crippen LogP contribution in [0.1, 0.15) is 6.42 Å². The quantitative estimate of drug-likeness (QED) is 0.466. The summed E-state index contributed by atoms with van der Waals surface area (Å²) in [6, 6.07) is 0. The van der Waals surface area contributed by atoms with Crippen LogP contribution < -0.4 is 0 Å². The molecule has 0 aliphatic rings. The first-order chi connectivity index (χ1) is 5.06. The first-order valence-corrected chi connectivity index (χ1v) is 5.96. The Labute approximate surface area is 70.7 Å². The highest BCUT2D eigenvalue weighted by Gasteiger charge is 2.02. The van der Waals surface area contributed by atoms with Crippen LogP contribution in [0.15, 0.2) is 0 Å². The number of aliphatic hydroxyl groups is 1. The molecule has 0 aliphatic carbocycles. The molecular formula is C5H12O4S2. The van der Waals surface area contributed by atoms with Gasteiger partial charge in [-0.05, 0) is 12.2 Å². The number of hydrogen-bond acceptors (Lipinski definition) is 4. The third kappa shape index (κ3) is 10.2. The molecule has 0 aromatic heterocycles. The van der Waals surface area contributed by atoms with Gasteiger partial charge in [0.25, 0.3) is 10.1 Å². The summed E-state index contributed by atoms with van der Waals surface area (Å²) in [5, 5.41) is 8.34. The van der Waals surface area contributed by atoms with E-state index in [1.807, 2.05) is 0 Å². The van der Waals surface area contributed by atoms with Crippen molar-refractivity contribution in [2.75, 3.05) is 23.9 Å². The average Bonchev–Trinajstić information content (AvgIpc) is 1.85. The van der Waals surface area contributed by atoms with Crippen LogP contribution in [-0.2, 0) is 10.1 Å². The summed E-state index contributed by atoms with van der Waals surface area (Å²) in [5.41, 5.74) is 0. The molecule has 68 valence electrons. The lowest BCUT2D eigenvalue weighted by Gasteiger charge is -1.96. The fourth-order valence-corrected chi connectivity index (χ4v) is 2.28. The highest BCUT2D eigenvalue weighted by atomic mass is 32.2. The molecule has 0 saturated heterocycles. The Balaban J connectivity index is 3.16. The third-order valence-corrected chi connectivity index (χ3v) is 2.98. The molecule has 0 spiro atoms. The van der Waals surface area contributed by atoms with Crippen LogP contribution in [0.4, 0.5) is 0 Å². The maximum absolute atomic E-state index is 10.2. The molecule has 0 aliphatic heterocycles. The van der Waals surface area contributed by atoms with E-state index in [1.54, 1.807) is 0 Å². The molecule has 0 unspecified atom stereocenters. The van der Waals surface area contributed by atoms with E-state index in [1.165, 1.54) is 11.8 Å². The van der Waals surface area contributed by atoms with Gasteiger partial charge in [-0.2, -0.15) is 20.2 Å². The van der Waals surface area contributed by atoms with E-state index in [-0.39, 0.29) is 12.4 Å². The molecule has 0 saturated carbocycles. The van der Waals surface area contributed by atoms with Gasteiger partial charge in [0.2, 0.25) is 0 Å². The maximum atomic E-state index is 10.2. The molecule has 4 nitrogen and oxygen atoms in total. The zero-order chi connectivity index (χ0) is 8.74. The van der Waals surface area contributed by atoms with Crippen molar-refractivity contribution in [3.63, 3.8) is 0 Å². The maximum Gasteiger partial charge on any atom is 0.265 e. The minimum atomic E-state index is -3.79.